The van der Waals surface area contributed by atoms with Crippen LogP contribution in [0.1, 0.15) is 18.4 Å². The molecule has 0 aliphatic rings. The number of nitrogens with one attached hydrogen (secondary N) is 1. The molecule has 0 aliphatic heterocycles. The van der Waals surface area contributed by atoms with E-state index in [2.05, 4.69) is 0 Å². The van der Waals surface area contributed by atoms with Crippen LogP contribution < -0.4 is 16.2 Å². The van der Waals surface area contributed by atoms with Gasteiger partial charge in [-0.25, -0.2) is 0 Å². The van der Waals surface area contributed by atoms with Crippen LogP contribution in [0.15, 0.2) is 18.2 Å². The molecule has 18 heavy (non-hydrogen) atoms. The standard InChI is InChI=1S/C12H16ClN3O2/c13-9-7-8(10(15)2-4-12(16)17)1-3-11(9)18-6-5-14/h1,3,7,15H,2,4-6,14H2,(H2,16,17). The second-order valence-corrected chi connectivity index (χ2v) is 4.13. The predicted molar refractivity (Wildman–Crippen MR) is 71.3 cm³/mol. The average molecular weight is 270 g/mol. The van der Waals surface area contributed by atoms with Crippen molar-refractivity contribution in [3.8, 4) is 5.75 Å². The molecule has 1 amide bonds. The van der Waals surface area contributed by atoms with Crippen molar-refractivity contribution in [3.63, 3.8) is 0 Å². The Balaban J connectivity index is 2.71. The molecule has 5 N–H and O–H groups in total. The number of benzene rings is 1. The van der Waals surface area contributed by atoms with Gasteiger partial charge in [-0.1, -0.05) is 11.6 Å². The first kappa shape index (κ1) is 14.5. The molecule has 0 saturated heterocycles. The van der Waals surface area contributed by atoms with Crippen LogP contribution in [0.2, 0.25) is 5.02 Å². The molecule has 0 saturated carbocycles. The Hall–Kier alpha value is -1.59. The highest BCUT2D eigenvalue weighted by molar-refractivity contribution is 6.32. The molecule has 98 valence electrons. The van der Waals surface area contributed by atoms with E-state index < -0.39 is 5.91 Å². The molecular weight excluding hydrogens is 254 g/mol. The molecule has 0 aliphatic carbocycles. The van der Waals surface area contributed by atoms with E-state index >= 15 is 0 Å². The molecule has 0 heterocycles. The maximum absolute atomic E-state index is 10.6. The fourth-order valence-electron chi connectivity index (χ4n) is 1.37. The molecule has 1 aromatic rings. The zero-order valence-electron chi connectivity index (χ0n) is 9.91. The van der Waals surface area contributed by atoms with Crippen molar-refractivity contribution in [2.45, 2.75) is 12.8 Å². The fraction of sp³-hybridized carbons (Fsp3) is 0.333. The molecule has 0 aromatic heterocycles. The average Bonchev–Trinajstić information content (AvgIpc) is 2.34. The first-order chi connectivity index (χ1) is 8.54. The number of nitrogens with two attached hydrogens (primary N) is 2. The van der Waals surface area contributed by atoms with Gasteiger partial charge < -0.3 is 21.6 Å². The minimum Gasteiger partial charge on any atom is -0.491 e. The van der Waals surface area contributed by atoms with Crippen LogP contribution in [0.25, 0.3) is 0 Å². The molecule has 0 radical (unpaired) electrons. The molecule has 1 aromatic carbocycles. The second-order valence-electron chi connectivity index (χ2n) is 3.73. The highest BCUT2D eigenvalue weighted by Gasteiger charge is 2.07. The third-order valence-corrected chi connectivity index (χ3v) is 2.57. The molecule has 0 bridgehead atoms. The quantitative estimate of drug-likeness (QED) is 0.650. The Morgan fingerprint density at radius 3 is 2.67 bits per heavy atom. The second kappa shape index (κ2) is 6.98. The van der Waals surface area contributed by atoms with Crippen LogP contribution in [0.4, 0.5) is 0 Å². The summed E-state index contributed by atoms with van der Waals surface area (Å²) in [6.07, 6.45) is 0.455. The van der Waals surface area contributed by atoms with E-state index in [1.54, 1.807) is 18.2 Å². The Morgan fingerprint density at radius 2 is 2.11 bits per heavy atom. The maximum Gasteiger partial charge on any atom is 0.217 e. The van der Waals surface area contributed by atoms with Gasteiger partial charge in [-0.05, 0) is 30.2 Å². The summed E-state index contributed by atoms with van der Waals surface area (Å²) in [7, 11) is 0. The highest BCUT2D eigenvalue weighted by atomic mass is 35.5. The van der Waals surface area contributed by atoms with Crippen LogP contribution >= 0.6 is 11.6 Å². The third kappa shape index (κ3) is 4.35. The molecule has 0 unspecified atom stereocenters. The van der Waals surface area contributed by atoms with Crippen molar-refractivity contribution >= 4 is 23.2 Å². The minimum atomic E-state index is -0.422. The SMILES string of the molecule is N=C(CCC(N)=O)c1ccc(OCCN)c(Cl)c1. The Morgan fingerprint density at radius 1 is 1.39 bits per heavy atom. The summed E-state index contributed by atoms with van der Waals surface area (Å²) in [5, 5.41) is 8.22. The first-order valence-corrected chi connectivity index (χ1v) is 5.91. The minimum absolute atomic E-state index is 0.155. The zero-order chi connectivity index (χ0) is 13.5. The van der Waals surface area contributed by atoms with Gasteiger partial charge in [0.2, 0.25) is 5.91 Å². The van der Waals surface area contributed by atoms with E-state index in [-0.39, 0.29) is 6.42 Å². The van der Waals surface area contributed by atoms with Crippen LogP contribution in [-0.2, 0) is 4.79 Å². The lowest BCUT2D eigenvalue weighted by Gasteiger charge is -2.09. The van der Waals surface area contributed by atoms with Crippen molar-refractivity contribution in [1.29, 1.82) is 5.41 Å². The lowest BCUT2D eigenvalue weighted by Crippen LogP contribution is -2.13. The summed E-state index contributed by atoms with van der Waals surface area (Å²) in [5.74, 6) is 0.113. The normalized spacial score (nSPS) is 10.1. The van der Waals surface area contributed by atoms with Gasteiger partial charge in [-0.3, -0.25) is 4.79 Å². The van der Waals surface area contributed by atoms with E-state index in [1.807, 2.05) is 0 Å². The number of halogens is 1. The molecule has 0 spiro atoms. The highest BCUT2D eigenvalue weighted by Crippen LogP contribution is 2.26. The number of primary amides is 1. The molecule has 5 nitrogen and oxygen atoms in total. The van der Waals surface area contributed by atoms with Crippen LogP contribution in [-0.4, -0.2) is 24.8 Å². The molecular formula is C12H16ClN3O2. The number of amides is 1. The lowest BCUT2D eigenvalue weighted by molar-refractivity contribution is -0.117. The smallest absolute Gasteiger partial charge is 0.217 e. The number of carbonyl (C=O) groups excluding carboxylic acids is 1. The van der Waals surface area contributed by atoms with Gasteiger partial charge in [0.25, 0.3) is 0 Å². The maximum atomic E-state index is 10.6. The summed E-state index contributed by atoms with van der Waals surface area (Å²) >= 11 is 6.02. The van der Waals surface area contributed by atoms with E-state index in [0.717, 1.165) is 0 Å². The van der Waals surface area contributed by atoms with Gasteiger partial charge >= 0.3 is 0 Å². The van der Waals surface area contributed by atoms with Gasteiger partial charge in [0.15, 0.2) is 0 Å². The van der Waals surface area contributed by atoms with E-state index in [9.17, 15) is 4.79 Å². The summed E-state index contributed by atoms with van der Waals surface area (Å²) in [4.78, 5) is 10.6. The van der Waals surface area contributed by atoms with Crippen LogP contribution in [0, 0.1) is 5.41 Å². The van der Waals surface area contributed by atoms with Crippen molar-refractivity contribution < 1.29 is 9.53 Å². The summed E-state index contributed by atoms with van der Waals surface area (Å²) < 4.78 is 5.32. The Bertz CT molecular complexity index is 449. The van der Waals surface area contributed by atoms with E-state index in [1.165, 1.54) is 0 Å². The van der Waals surface area contributed by atoms with Gasteiger partial charge in [-0.2, -0.15) is 0 Å². The van der Waals surface area contributed by atoms with Crippen LogP contribution in [0.3, 0.4) is 0 Å². The number of rotatable bonds is 7. The number of ether oxygens (including phenoxy) is 1. The van der Waals surface area contributed by atoms with Crippen LogP contribution in [0.5, 0.6) is 5.75 Å². The largest absolute Gasteiger partial charge is 0.491 e. The summed E-state index contributed by atoms with van der Waals surface area (Å²) in [6, 6.07) is 5.05. The summed E-state index contributed by atoms with van der Waals surface area (Å²) in [5.41, 5.74) is 11.3. The van der Waals surface area contributed by atoms with E-state index in [4.69, 9.17) is 33.2 Å². The predicted octanol–water partition coefficient (Wildman–Crippen LogP) is 1.31. The molecule has 0 fully saturated rings. The number of hydrogen-bond acceptors (Lipinski definition) is 4. The van der Waals surface area contributed by atoms with Crippen molar-refractivity contribution in [2.75, 3.05) is 13.2 Å². The van der Waals surface area contributed by atoms with Crippen molar-refractivity contribution in [2.24, 2.45) is 11.5 Å². The Labute approximate surface area is 111 Å². The molecule has 6 heteroatoms. The fourth-order valence-corrected chi connectivity index (χ4v) is 1.60. The van der Waals surface area contributed by atoms with Gasteiger partial charge in [-0.15, -0.1) is 0 Å². The first-order valence-electron chi connectivity index (χ1n) is 5.53. The molecule has 0 atom stereocenters. The lowest BCUT2D eigenvalue weighted by atomic mass is 10.1. The van der Waals surface area contributed by atoms with Crippen molar-refractivity contribution in [1.82, 2.24) is 0 Å². The van der Waals surface area contributed by atoms with Gasteiger partial charge in [0.05, 0.1) is 5.02 Å². The monoisotopic (exact) mass is 269 g/mol. The summed E-state index contributed by atoms with van der Waals surface area (Å²) in [6.45, 7) is 0.796. The Kier molecular flexibility index (Phi) is 5.61. The molecule has 1 rings (SSSR count). The number of carbonyl (C=O) groups is 1. The van der Waals surface area contributed by atoms with Crippen molar-refractivity contribution in [3.05, 3.63) is 28.8 Å². The third-order valence-electron chi connectivity index (χ3n) is 2.28. The topological polar surface area (TPSA) is 102 Å². The van der Waals surface area contributed by atoms with Gasteiger partial charge in [0.1, 0.15) is 12.4 Å². The van der Waals surface area contributed by atoms with E-state index in [0.29, 0.717) is 41.6 Å². The number of hydrogen-bond donors (Lipinski definition) is 3. The van der Waals surface area contributed by atoms with Gasteiger partial charge in [0, 0.05) is 18.7 Å². The zero-order valence-corrected chi connectivity index (χ0v) is 10.7.